The maximum absolute atomic E-state index is 5.63. The smallest absolute Gasteiger partial charge is 0.0790 e. The Balaban J connectivity index is 1.38. The summed E-state index contributed by atoms with van der Waals surface area (Å²) in [4.78, 5) is 5.29. The molecule has 174 valence electrons. The van der Waals surface area contributed by atoms with Gasteiger partial charge in [-0.3, -0.25) is 0 Å². The first-order chi connectivity index (χ1) is 14.2. The van der Waals surface area contributed by atoms with Gasteiger partial charge in [0.2, 0.25) is 0 Å². The van der Waals surface area contributed by atoms with Crippen LogP contribution in [0.2, 0.25) is 0 Å². The fraction of sp³-hybridized carbons (Fsp3) is 1.00. The van der Waals surface area contributed by atoms with Gasteiger partial charge >= 0.3 is 0 Å². The van der Waals surface area contributed by atoms with Gasteiger partial charge in [-0.15, -0.1) is 0 Å². The van der Waals surface area contributed by atoms with Crippen LogP contribution in [0.1, 0.15) is 111 Å². The van der Waals surface area contributed by atoms with Crippen molar-refractivity contribution in [2.75, 3.05) is 7.11 Å². The van der Waals surface area contributed by atoms with E-state index in [0.29, 0.717) is 16.9 Å². The topological polar surface area (TPSA) is 44.5 Å². The molecule has 4 saturated carbocycles. The normalized spacial score (nSPS) is 46.2. The Morgan fingerprint density at radius 1 is 0.900 bits per heavy atom. The summed E-state index contributed by atoms with van der Waals surface area (Å²) >= 11 is 0. The Hall–Kier alpha value is -0.120. The highest BCUT2D eigenvalue weighted by Gasteiger charge is 2.59. The van der Waals surface area contributed by atoms with Gasteiger partial charge in [-0.1, -0.05) is 26.7 Å². The van der Waals surface area contributed by atoms with Crippen LogP contribution >= 0.6 is 0 Å². The summed E-state index contributed by atoms with van der Waals surface area (Å²) in [6.45, 7) is 9.79. The van der Waals surface area contributed by atoms with E-state index in [2.05, 4.69) is 27.7 Å². The molecule has 0 aromatic heterocycles. The van der Waals surface area contributed by atoms with E-state index < -0.39 is 0 Å². The largest absolute Gasteiger partial charge is 0.379 e. The molecule has 0 heterocycles. The zero-order chi connectivity index (χ0) is 21.6. The number of fused-ring (bicyclic) bond motifs is 5. The minimum atomic E-state index is 0.0438. The predicted molar refractivity (Wildman–Crippen MR) is 124 cm³/mol. The van der Waals surface area contributed by atoms with Gasteiger partial charge in [-0.2, -0.15) is 0 Å². The van der Waals surface area contributed by atoms with Crippen LogP contribution in [-0.4, -0.2) is 18.8 Å². The lowest BCUT2D eigenvalue weighted by atomic mass is 9.44. The van der Waals surface area contributed by atoms with Gasteiger partial charge in [-0.05, 0) is 125 Å². The third-order valence-electron chi connectivity index (χ3n) is 11.1. The first kappa shape index (κ1) is 23.1. The van der Waals surface area contributed by atoms with Crippen molar-refractivity contribution in [2.24, 2.45) is 46.3 Å². The predicted octanol–water partition coefficient (Wildman–Crippen LogP) is 6.89. The van der Waals surface area contributed by atoms with E-state index in [0.717, 1.165) is 29.6 Å². The summed E-state index contributed by atoms with van der Waals surface area (Å²) in [5.74, 6) is 10.3. The maximum Gasteiger partial charge on any atom is 0.0790 e. The highest BCUT2D eigenvalue weighted by atomic mass is 16.6. The minimum Gasteiger partial charge on any atom is -0.379 e. The van der Waals surface area contributed by atoms with Gasteiger partial charge in [0.05, 0.1) is 11.7 Å². The second-order valence-electron chi connectivity index (χ2n) is 12.7. The molecule has 30 heavy (non-hydrogen) atoms. The SMILES string of the molecule is COC(C)(C)CCCCC1CCC2C3CCC4CC(ON)CCC4(C)C3CCC12C. The lowest BCUT2D eigenvalue weighted by molar-refractivity contribution is -0.135. The van der Waals surface area contributed by atoms with Crippen molar-refractivity contribution in [3.05, 3.63) is 0 Å². The summed E-state index contributed by atoms with van der Waals surface area (Å²) in [5, 5.41) is 0. The van der Waals surface area contributed by atoms with E-state index in [1.54, 1.807) is 0 Å². The summed E-state index contributed by atoms with van der Waals surface area (Å²) in [5.41, 5.74) is 1.20. The molecule has 3 heteroatoms. The molecule has 0 radical (unpaired) electrons. The first-order valence-corrected chi connectivity index (χ1v) is 13.1. The molecule has 2 N–H and O–H groups in total. The van der Waals surface area contributed by atoms with Crippen LogP contribution in [0.15, 0.2) is 0 Å². The number of unbranched alkanes of at least 4 members (excludes halogenated alkanes) is 1. The number of hydrogen-bond acceptors (Lipinski definition) is 3. The monoisotopic (exact) mass is 419 g/mol. The highest BCUT2D eigenvalue weighted by molar-refractivity contribution is 5.09. The van der Waals surface area contributed by atoms with Crippen LogP contribution in [0, 0.1) is 40.4 Å². The molecule has 8 unspecified atom stereocenters. The average Bonchev–Trinajstić information content (AvgIpc) is 3.07. The van der Waals surface area contributed by atoms with Crippen molar-refractivity contribution < 1.29 is 9.57 Å². The van der Waals surface area contributed by atoms with Crippen molar-refractivity contribution in [2.45, 2.75) is 123 Å². The van der Waals surface area contributed by atoms with Crippen molar-refractivity contribution in [1.82, 2.24) is 0 Å². The van der Waals surface area contributed by atoms with Gasteiger partial charge in [0.25, 0.3) is 0 Å². The Bertz CT molecular complexity index is 591. The van der Waals surface area contributed by atoms with Crippen LogP contribution in [0.4, 0.5) is 0 Å². The molecule has 4 rings (SSSR count). The van der Waals surface area contributed by atoms with Crippen LogP contribution in [0.3, 0.4) is 0 Å². The van der Waals surface area contributed by atoms with Crippen LogP contribution in [0.5, 0.6) is 0 Å². The molecule has 4 fully saturated rings. The summed E-state index contributed by atoms with van der Waals surface area (Å²) in [6, 6.07) is 0. The standard InChI is InChI=1S/C27H49NO2/c1-25(2,29-5)15-7-6-8-19-10-12-23-22-11-9-20-18-21(30-28)13-16-27(20,4)24(22)14-17-26(19,23)3/h19-24H,6-18,28H2,1-5H3. The Labute approximate surface area is 186 Å². The van der Waals surface area contributed by atoms with Crippen molar-refractivity contribution in [3.8, 4) is 0 Å². The van der Waals surface area contributed by atoms with E-state index in [1.165, 1.54) is 83.5 Å². The van der Waals surface area contributed by atoms with E-state index in [1.807, 2.05) is 7.11 Å². The summed E-state index contributed by atoms with van der Waals surface area (Å²) < 4.78 is 5.63. The number of hydrogen-bond donors (Lipinski definition) is 1. The molecule has 0 aromatic carbocycles. The van der Waals surface area contributed by atoms with E-state index in [9.17, 15) is 0 Å². The summed E-state index contributed by atoms with van der Waals surface area (Å²) in [6.07, 6.45) is 18.2. The van der Waals surface area contributed by atoms with Gasteiger partial charge in [-0.25, -0.2) is 5.90 Å². The fourth-order valence-electron chi connectivity index (χ4n) is 8.97. The third kappa shape index (κ3) is 4.01. The van der Waals surface area contributed by atoms with Crippen molar-refractivity contribution >= 4 is 0 Å². The molecular formula is C27H49NO2. The maximum atomic E-state index is 5.63. The van der Waals surface area contributed by atoms with Gasteiger partial charge < -0.3 is 9.57 Å². The quantitative estimate of drug-likeness (QED) is 0.361. The average molecular weight is 420 g/mol. The number of nitrogens with two attached hydrogens (primary N) is 1. The van der Waals surface area contributed by atoms with Crippen LogP contribution in [0.25, 0.3) is 0 Å². The summed E-state index contributed by atoms with van der Waals surface area (Å²) in [7, 11) is 1.85. The molecule has 0 amide bonds. The van der Waals surface area contributed by atoms with Crippen LogP contribution in [-0.2, 0) is 9.57 Å². The lowest BCUT2D eigenvalue weighted by Gasteiger charge is -2.61. The van der Waals surface area contributed by atoms with E-state index in [4.69, 9.17) is 15.5 Å². The molecule has 0 aliphatic heterocycles. The first-order valence-electron chi connectivity index (χ1n) is 13.1. The van der Waals surface area contributed by atoms with Crippen LogP contribution < -0.4 is 5.90 Å². The molecule has 3 nitrogen and oxygen atoms in total. The minimum absolute atomic E-state index is 0.0438. The Kier molecular flexibility index (Phi) is 6.66. The fourth-order valence-corrected chi connectivity index (χ4v) is 8.97. The van der Waals surface area contributed by atoms with Gasteiger partial charge in [0, 0.05) is 7.11 Å². The molecule has 4 aliphatic carbocycles. The van der Waals surface area contributed by atoms with E-state index in [-0.39, 0.29) is 5.60 Å². The zero-order valence-corrected chi connectivity index (χ0v) is 20.6. The van der Waals surface area contributed by atoms with Crippen molar-refractivity contribution in [3.63, 3.8) is 0 Å². The molecule has 0 saturated heterocycles. The lowest BCUT2D eigenvalue weighted by Crippen LogP contribution is -2.54. The number of methoxy groups -OCH3 is 1. The molecule has 0 aromatic rings. The number of rotatable bonds is 7. The second-order valence-corrected chi connectivity index (χ2v) is 12.7. The second kappa shape index (κ2) is 8.67. The van der Waals surface area contributed by atoms with Gasteiger partial charge in [0.15, 0.2) is 0 Å². The zero-order valence-electron chi connectivity index (χ0n) is 20.6. The molecule has 4 aliphatic rings. The van der Waals surface area contributed by atoms with E-state index >= 15 is 0 Å². The molecule has 0 spiro atoms. The Morgan fingerprint density at radius 3 is 2.37 bits per heavy atom. The molecule has 0 bridgehead atoms. The Morgan fingerprint density at radius 2 is 1.63 bits per heavy atom. The highest BCUT2D eigenvalue weighted by Crippen LogP contribution is 2.68. The molecular weight excluding hydrogens is 370 g/mol. The third-order valence-corrected chi connectivity index (χ3v) is 11.1. The van der Waals surface area contributed by atoms with Gasteiger partial charge in [0.1, 0.15) is 0 Å². The molecule has 8 atom stereocenters. The number of ether oxygens (including phenoxy) is 1. The van der Waals surface area contributed by atoms with Crippen molar-refractivity contribution in [1.29, 1.82) is 0 Å².